The molecular formula is C80H52N2. The summed E-state index contributed by atoms with van der Waals surface area (Å²) in [4.78, 5) is 2.49. The summed E-state index contributed by atoms with van der Waals surface area (Å²) in [6, 6.07) is 118. The van der Waals surface area contributed by atoms with Crippen molar-refractivity contribution >= 4 is 38.9 Å². The molecule has 0 fully saturated rings. The highest BCUT2D eigenvalue weighted by atomic mass is 15.1. The van der Waals surface area contributed by atoms with Crippen LogP contribution in [-0.4, -0.2) is 4.57 Å². The van der Waals surface area contributed by atoms with Crippen molar-refractivity contribution in [2.75, 3.05) is 4.90 Å². The lowest BCUT2D eigenvalue weighted by molar-refractivity contribution is 0.749. The first-order valence-corrected chi connectivity index (χ1v) is 28.6. The second-order valence-corrected chi connectivity index (χ2v) is 22.2. The average molecular weight is 1040 g/mol. The van der Waals surface area contributed by atoms with E-state index in [0.717, 1.165) is 33.8 Å². The Kier molecular flexibility index (Phi) is 10.2. The molecule has 0 saturated heterocycles. The fourth-order valence-electron chi connectivity index (χ4n) is 14.9. The van der Waals surface area contributed by atoms with E-state index in [9.17, 15) is 0 Å². The molecule has 2 aliphatic carbocycles. The number of aromatic nitrogens is 1. The second-order valence-electron chi connectivity index (χ2n) is 22.2. The van der Waals surface area contributed by atoms with E-state index in [2.05, 4.69) is 325 Å². The van der Waals surface area contributed by atoms with Gasteiger partial charge in [0, 0.05) is 27.7 Å². The second kappa shape index (κ2) is 18.0. The maximum absolute atomic E-state index is 2.52. The summed E-state index contributed by atoms with van der Waals surface area (Å²) in [7, 11) is 0. The molecule has 2 heterocycles. The van der Waals surface area contributed by atoms with Crippen LogP contribution < -0.4 is 4.90 Å². The van der Waals surface area contributed by atoms with E-state index < -0.39 is 10.8 Å². The Balaban J connectivity index is 0.854. The topological polar surface area (TPSA) is 8.17 Å². The van der Waals surface area contributed by atoms with Crippen LogP contribution in [0.2, 0.25) is 0 Å². The first-order valence-electron chi connectivity index (χ1n) is 28.6. The van der Waals surface area contributed by atoms with E-state index in [1.807, 2.05) is 0 Å². The number of anilines is 3. The number of benzene rings is 13. The fraction of sp³-hybridized carbons (Fsp3) is 0.0250. The van der Waals surface area contributed by atoms with Gasteiger partial charge < -0.3 is 9.47 Å². The monoisotopic (exact) mass is 1040 g/mol. The summed E-state index contributed by atoms with van der Waals surface area (Å²) >= 11 is 0. The quantitative estimate of drug-likeness (QED) is 0.147. The Bertz CT molecular complexity index is 4800. The predicted octanol–water partition coefficient (Wildman–Crippen LogP) is 20.3. The van der Waals surface area contributed by atoms with Gasteiger partial charge >= 0.3 is 0 Å². The molecule has 1 aromatic heterocycles. The molecule has 1 atom stereocenters. The van der Waals surface area contributed by atoms with Crippen molar-refractivity contribution < 1.29 is 0 Å². The van der Waals surface area contributed by atoms with Crippen LogP contribution in [0, 0.1) is 0 Å². The maximum atomic E-state index is 2.52. The van der Waals surface area contributed by atoms with Gasteiger partial charge in [-0.05, 0) is 143 Å². The standard InChI is InChI=1S/C80H52N2/c1-4-21-53(22-5-1)54-39-41-56(42-40-54)62-27-12-17-36-75(62)81(61-48-50-66-63-28-10-14-32-69(63)79(74(66)52-61,58-23-6-2-7-24-58)59-25-8-3-9-26-59)60-46-43-55(44-47-60)57-45-49-65-64-29-11-15-33-70(64)80(73(65)51-57)71-34-16-19-38-77(71)82-76-37-18-13-30-67(76)68-31-20-35-72(80)78(68)82/h1-52H. The molecule has 2 nitrogen and oxygen atoms in total. The molecule has 1 unspecified atom stereocenters. The molecule has 1 aliphatic heterocycles. The van der Waals surface area contributed by atoms with Gasteiger partial charge in [-0.1, -0.05) is 267 Å². The largest absolute Gasteiger partial charge is 0.310 e. The number of fused-ring (bicyclic) bond motifs is 15. The summed E-state index contributed by atoms with van der Waals surface area (Å²) < 4.78 is 2.52. The number of hydrogen-bond donors (Lipinski definition) is 0. The van der Waals surface area contributed by atoms with Gasteiger partial charge in [0.05, 0.1) is 33.2 Å². The van der Waals surface area contributed by atoms with Gasteiger partial charge in [0.2, 0.25) is 0 Å². The van der Waals surface area contributed by atoms with Gasteiger partial charge in [-0.3, -0.25) is 0 Å². The minimum Gasteiger partial charge on any atom is -0.310 e. The van der Waals surface area contributed by atoms with E-state index in [-0.39, 0.29) is 0 Å². The zero-order valence-corrected chi connectivity index (χ0v) is 44.9. The average Bonchev–Trinajstić information content (AvgIpc) is 1.74. The molecule has 82 heavy (non-hydrogen) atoms. The lowest BCUT2D eigenvalue weighted by Gasteiger charge is -2.39. The summed E-state index contributed by atoms with van der Waals surface area (Å²) in [6.07, 6.45) is 0. The van der Waals surface area contributed by atoms with Crippen molar-refractivity contribution in [3.05, 3.63) is 360 Å². The van der Waals surface area contributed by atoms with Gasteiger partial charge in [-0.15, -0.1) is 0 Å². The number of rotatable bonds is 8. The summed E-state index contributed by atoms with van der Waals surface area (Å²) in [5.41, 5.74) is 28.4. The molecule has 0 amide bonds. The molecule has 382 valence electrons. The molecule has 3 aliphatic rings. The van der Waals surface area contributed by atoms with Crippen LogP contribution in [0.5, 0.6) is 0 Å². The molecule has 17 rings (SSSR count). The molecule has 1 spiro atoms. The van der Waals surface area contributed by atoms with Gasteiger partial charge in [-0.2, -0.15) is 0 Å². The van der Waals surface area contributed by atoms with Crippen LogP contribution in [0.1, 0.15) is 44.5 Å². The van der Waals surface area contributed by atoms with Crippen molar-refractivity contribution in [3.63, 3.8) is 0 Å². The Morgan fingerprint density at radius 2 is 0.720 bits per heavy atom. The van der Waals surface area contributed by atoms with Gasteiger partial charge in [-0.25, -0.2) is 0 Å². The van der Waals surface area contributed by atoms with Crippen LogP contribution in [0.4, 0.5) is 17.1 Å². The molecular weight excluding hydrogens is 989 g/mol. The highest BCUT2D eigenvalue weighted by Crippen LogP contribution is 2.62. The van der Waals surface area contributed by atoms with Gasteiger partial charge in [0.15, 0.2) is 0 Å². The first-order chi connectivity index (χ1) is 40.7. The van der Waals surface area contributed by atoms with E-state index in [1.54, 1.807) is 0 Å². The van der Waals surface area contributed by atoms with Gasteiger partial charge in [0.1, 0.15) is 0 Å². The van der Waals surface area contributed by atoms with Crippen LogP contribution in [0.3, 0.4) is 0 Å². The molecule has 0 radical (unpaired) electrons. The van der Waals surface area contributed by atoms with E-state index in [0.29, 0.717) is 0 Å². The van der Waals surface area contributed by atoms with Crippen LogP contribution in [-0.2, 0) is 10.8 Å². The van der Waals surface area contributed by atoms with Crippen molar-refractivity contribution in [1.82, 2.24) is 4.57 Å². The summed E-state index contributed by atoms with van der Waals surface area (Å²) in [5.74, 6) is 0. The zero-order valence-electron chi connectivity index (χ0n) is 44.9. The number of hydrogen-bond acceptors (Lipinski definition) is 1. The third-order valence-electron chi connectivity index (χ3n) is 18.3. The third-order valence-corrected chi connectivity index (χ3v) is 18.3. The molecule has 0 bridgehead atoms. The van der Waals surface area contributed by atoms with Crippen LogP contribution in [0.15, 0.2) is 315 Å². The normalized spacial score (nSPS) is 14.7. The molecule has 14 aromatic rings. The molecule has 0 saturated carbocycles. The Hall–Kier alpha value is -10.5. The molecule has 2 heteroatoms. The Labute approximate surface area is 477 Å². The zero-order chi connectivity index (χ0) is 53.9. The lowest BCUT2D eigenvalue weighted by Crippen LogP contribution is -2.33. The number of para-hydroxylation sites is 4. The van der Waals surface area contributed by atoms with Crippen molar-refractivity contribution in [3.8, 4) is 61.3 Å². The predicted molar refractivity (Wildman–Crippen MR) is 340 cm³/mol. The highest BCUT2D eigenvalue weighted by molar-refractivity contribution is 6.13. The van der Waals surface area contributed by atoms with E-state index in [1.165, 1.54) is 111 Å². The van der Waals surface area contributed by atoms with E-state index in [4.69, 9.17) is 0 Å². The fourth-order valence-corrected chi connectivity index (χ4v) is 14.9. The number of nitrogens with zero attached hydrogens (tertiary/aromatic N) is 2. The minimum atomic E-state index is -0.557. The van der Waals surface area contributed by atoms with Crippen molar-refractivity contribution in [1.29, 1.82) is 0 Å². The molecule has 0 N–H and O–H groups in total. The van der Waals surface area contributed by atoms with Crippen LogP contribution >= 0.6 is 0 Å². The van der Waals surface area contributed by atoms with Crippen molar-refractivity contribution in [2.45, 2.75) is 10.8 Å². The molecule has 13 aromatic carbocycles. The first kappa shape index (κ1) is 46.4. The maximum Gasteiger partial charge on any atom is 0.0754 e. The lowest BCUT2D eigenvalue weighted by atomic mass is 9.65. The summed E-state index contributed by atoms with van der Waals surface area (Å²) in [5, 5.41) is 2.56. The smallest absolute Gasteiger partial charge is 0.0754 e. The van der Waals surface area contributed by atoms with Crippen molar-refractivity contribution in [2.24, 2.45) is 0 Å². The van der Waals surface area contributed by atoms with Crippen LogP contribution in [0.25, 0.3) is 83.1 Å². The summed E-state index contributed by atoms with van der Waals surface area (Å²) in [6.45, 7) is 0. The highest BCUT2D eigenvalue weighted by Gasteiger charge is 2.51. The van der Waals surface area contributed by atoms with E-state index >= 15 is 0 Å². The SMILES string of the molecule is c1ccc(-c2ccc(-c3ccccc3N(c3ccc(-c4ccc5c(c4)C4(c6ccccc6-5)c5ccccc5-n5c6ccccc6c6cccc4c65)cc3)c3ccc4c(c3)C(c3ccccc3)(c3ccccc3)c3ccccc3-4)cc2)cc1. The third kappa shape index (κ3) is 6.46. The Morgan fingerprint density at radius 1 is 0.256 bits per heavy atom. The Morgan fingerprint density at radius 3 is 1.44 bits per heavy atom. The van der Waals surface area contributed by atoms with Gasteiger partial charge in [0.25, 0.3) is 0 Å². The minimum absolute atomic E-state index is 0.538.